The van der Waals surface area contributed by atoms with Crippen LogP contribution in [0.15, 0.2) is 72.1 Å². The third kappa shape index (κ3) is 2.84. The van der Waals surface area contributed by atoms with E-state index in [0.29, 0.717) is 0 Å². The van der Waals surface area contributed by atoms with Crippen molar-refractivity contribution in [1.82, 2.24) is 0 Å². The van der Waals surface area contributed by atoms with Crippen LogP contribution >= 0.6 is 11.3 Å². The Labute approximate surface area is 144 Å². The summed E-state index contributed by atoms with van der Waals surface area (Å²) in [5, 5.41) is 9.08. The Morgan fingerprint density at radius 3 is 2.54 bits per heavy atom. The number of fused-ring (bicyclic) bond motifs is 1. The van der Waals surface area contributed by atoms with E-state index >= 15 is 0 Å². The van der Waals surface area contributed by atoms with E-state index in [1.807, 2.05) is 12.1 Å². The van der Waals surface area contributed by atoms with E-state index in [-0.39, 0.29) is 0 Å². The number of hydrogen-bond donors (Lipinski definition) is 1. The predicted octanol–water partition coefficient (Wildman–Crippen LogP) is 5.13. The Kier molecular flexibility index (Phi) is 3.89. The van der Waals surface area contributed by atoms with Gasteiger partial charge in [0.05, 0.1) is 7.11 Å². The van der Waals surface area contributed by atoms with E-state index < -0.39 is 0 Å². The Morgan fingerprint density at radius 1 is 0.917 bits per heavy atom. The fourth-order valence-electron chi connectivity index (χ4n) is 2.73. The predicted molar refractivity (Wildman–Crippen MR) is 100 cm³/mol. The van der Waals surface area contributed by atoms with Crippen LogP contribution in [0.5, 0.6) is 5.75 Å². The first-order valence-corrected chi connectivity index (χ1v) is 8.61. The molecule has 1 aromatic heterocycles. The van der Waals surface area contributed by atoms with Crippen molar-refractivity contribution in [3.05, 3.63) is 72.1 Å². The molecule has 0 fully saturated rings. The highest BCUT2D eigenvalue weighted by Gasteiger charge is 2.12. The van der Waals surface area contributed by atoms with Gasteiger partial charge in [-0.3, -0.25) is 0 Å². The zero-order chi connectivity index (χ0) is 16.4. The van der Waals surface area contributed by atoms with Gasteiger partial charge in [0.1, 0.15) is 17.1 Å². The van der Waals surface area contributed by atoms with E-state index in [0.717, 1.165) is 27.8 Å². The third-order valence-corrected chi connectivity index (χ3v) is 4.78. The zero-order valence-electron chi connectivity index (χ0n) is 13.2. The summed E-state index contributed by atoms with van der Waals surface area (Å²) in [4.78, 5) is 3.45. The van der Waals surface area contributed by atoms with Crippen molar-refractivity contribution < 1.29 is 9.72 Å². The second-order valence-corrected chi connectivity index (χ2v) is 6.36. The van der Waals surface area contributed by atoms with Gasteiger partial charge in [-0.2, -0.15) is 0 Å². The maximum absolute atomic E-state index is 5.21. The van der Waals surface area contributed by atoms with Gasteiger partial charge in [-0.05, 0) is 35.7 Å². The molecule has 0 aliphatic carbocycles. The van der Waals surface area contributed by atoms with Gasteiger partial charge in [-0.25, -0.2) is 10.3 Å². The molecule has 0 saturated carbocycles. The number of rotatable bonds is 4. The van der Waals surface area contributed by atoms with Crippen LogP contribution in [0.25, 0.3) is 22.0 Å². The summed E-state index contributed by atoms with van der Waals surface area (Å²) >= 11 is 1.66. The highest BCUT2D eigenvalue weighted by molar-refractivity contribution is 7.13. The van der Waals surface area contributed by atoms with E-state index in [1.165, 1.54) is 10.8 Å². The van der Waals surface area contributed by atoms with Gasteiger partial charge in [0.2, 0.25) is 0 Å². The molecule has 0 radical (unpaired) electrons. The van der Waals surface area contributed by atoms with Gasteiger partial charge in [-0.1, -0.05) is 47.7 Å². The molecule has 0 atom stereocenters. The molecule has 0 saturated heterocycles. The number of benzene rings is 3. The maximum atomic E-state index is 5.21. The second-order valence-electron chi connectivity index (χ2n) is 5.48. The fraction of sp³-hybridized carbons (Fsp3) is 0.0500. The average Bonchev–Trinajstić information content (AvgIpc) is 3.11. The molecule has 0 amide bonds. The Hall–Kier alpha value is -2.85. The summed E-state index contributed by atoms with van der Waals surface area (Å²) in [5.74, 6) is 0.864. The number of anilines is 2. The van der Waals surface area contributed by atoms with Gasteiger partial charge >= 0.3 is 5.13 Å². The molecule has 3 aromatic carbocycles. The molecule has 118 valence electrons. The first kappa shape index (κ1) is 14.7. The van der Waals surface area contributed by atoms with Crippen molar-refractivity contribution in [2.24, 2.45) is 0 Å². The molecule has 4 rings (SSSR count). The number of nitrogens with one attached hydrogen (secondary N) is 2. The highest BCUT2D eigenvalue weighted by atomic mass is 32.1. The first-order chi connectivity index (χ1) is 11.8. The van der Waals surface area contributed by atoms with Crippen LogP contribution in [0, 0.1) is 0 Å². The quantitative estimate of drug-likeness (QED) is 0.561. The minimum Gasteiger partial charge on any atom is -0.497 e. The van der Waals surface area contributed by atoms with E-state index in [2.05, 4.69) is 70.3 Å². The van der Waals surface area contributed by atoms with Crippen LogP contribution in [0.2, 0.25) is 0 Å². The largest absolute Gasteiger partial charge is 0.497 e. The van der Waals surface area contributed by atoms with Crippen molar-refractivity contribution in [2.45, 2.75) is 0 Å². The van der Waals surface area contributed by atoms with Crippen LogP contribution < -0.4 is 15.0 Å². The summed E-state index contributed by atoms with van der Waals surface area (Å²) < 4.78 is 5.21. The molecule has 0 aliphatic rings. The number of thiazole rings is 1. The summed E-state index contributed by atoms with van der Waals surface area (Å²) in [7, 11) is 1.68. The summed E-state index contributed by atoms with van der Waals surface area (Å²) in [6, 6.07) is 22.7. The van der Waals surface area contributed by atoms with Gasteiger partial charge in [0, 0.05) is 16.3 Å². The maximum Gasteiger partial charge on any atom is 0.337 e. The number of aromatic amines is 1. The second kappa shape index (κ2) is 6.34. The molecule has 24 heavy (non-hydrogen) atoms. The van der Waals surface area contributed by atoms with Crippen LogP contribution in [0.3, 0.4) is 0 Å². The minimum atomic E-state index is 0.864. The smallest absolute Gasteiger partial charge is 0.337 e. The lowest BCUT2D eigenvalue weighted by Gasteiger charge is -2.02. The number of hydrogen-bond acceptors (Lipinski definition) is 3. The van der Waals surface area contributed by atoms with Crippen molar-refractivity contribution in [3.8, 4) is 17.0 Å². The Bertz CT molecular complexity index is 971. The average molecular weight is 333 g/mol. The topological polar surface area (TPSA) is 35.4 Å². The first-order valence-electron chi connectivity index (χ1n) is 7.73. The third-order valence-electron chi connectivity index (χ3n) is 3.98. The molecule has 0 unspecified atom stereocenters. The SMILES string of the molecule is COc1ccc(-c2csc(Nc3cccc4ccccc34)[nH+]2)cc1. The number of methoxy groups -OCH3 is 1. The molecule has 2 N–H and O–H groups in total. The van der Waals surface area contributed by atoms with Gasteiger partial charge < -0.3 is 4.74 Å². The lowest BCUT2D eigenvalue weighted by molar-refractivity contribution is -0.340. The van der Waals surface area contributed by atoms with E-state index in [1.54, 1.807) is 18.4 Å². The molecule has 1 heterocycles. The van der Waals surface area contributed by atoms with Crippen molar-refractivity contribution in [3.63, 3.8) is 0 Å². The van der Waals surface area contributed by atoms with E-state index in [9.17, 15) is 0 Å². The lowest BCUT2D eigenvalue weighted by Crippen LogP contribution is -2.07. The van der Waals surface area contributed by atoms with Crippen molar-refractivity contribution in [1.29, 1.82) is 0 Å². The summed E-state index contributed by atoms with van der Waals surface area (Å²) in [5.41, 5.74) is 3.33. The summed E-state index contributed by atoms with van der Waals surface area (Å²) in [6.07, 6.45) is 0. The lowest BCUT2D eigenvalue weighted by atomic mass is 10.1. The normalized spacial score (nSPS) is 10.7. The Balaban J connectivity index is 1.62. The molecular weight excluding hydrogens is 316 g/mol. The molecule has 0 spiro atoms. The Morgan fingerprint density at radius 2 is 1.71 bits per heavy atom. The molecular formula is C20H17N2OS+. The molecule has 0 bridgehead atoms. The standard InChI is InChI=1S/C20H16N2OS/c1-23-16-11-9-15(10-12-16)19-13-24-20(22-19)21-18-8-4-6-14-5-2-3-7-17(14)18/h2-13H,1H3,(H,21,22)/p+1. The van der Waals surface area contributed by atoms with Gasteiger partial charge in [0.15, 0.2) is 0 Å². The van der Waals surface area contributed by atoms with E-state index in [4.69, 9.17) is 4.74 Å². The number of ether oxygens (including phenoxy) is 1. The molecule has 4 aromatic rings. The van der Waals surface area contributed by atoms with Crippen LogP contribution in [-0.4, -0.2) is 7.11 Å². The van der Waals surface area contributed by atoms with Crippen LogP contribution in [0.4, 0.5) is 10.8 Å². The summed E-state index contributed by atoms with van der Waals surface area (Å²) in [6.45, 7) is 0. The highest BCUT2D eigenvalue weighted by Crippen LogP contribution is 2.28. The van der Waals surface area contributed by atoms with Crippen LogP contribution in [0.1, 0.15) is 0 Å². The van der Waals surface area contributed by atoms with Crippen molar-refractivity contribution in [2.75, 3.05) is 12.4 Å². The minimum absolute atomic E-state index is 0.864. The zero-order valence-corrected chi connectivity index (χ0v) is 14.1. The van der Waals surface area contributed by atoms with Gasteiger partial charge in [0.25, 0.3) is 0 Å². The van der Waals surface area contributed by atoms with Crippen molar-refractivity contribution >= 4 is 32.9 Å². The van der Waals surface area contributed by atoms with Gasteiger partial charge in [-0.15, -0.1) is 0 Å². The molecule has 0 aliphatic heterocycles. The van der Waals surface area contributed by atoms with Crippen LogP contribution in [-0.2, 0) is 0 Å². The molecule has 4 heteroatoms. The number of H-pyrrole nitrogens is 1. The molecule has 3 nitrogen and oxygen atoms in total. The number of aromatic nitrogens is 1. The monoisotopic (exact) mass is 333 g/mol. The fourth-order valence-corrected chi connectivity index (χ4v) is 3.50.